The molecule has 190 valence electrons. The SMILES string of the molecule is C[C@H]1CC[C@H](c2ccccc2)S(=O)(=O)N1Cc1ccc(C2(C#N)CCC(N(C=N)C=N)CC2)cc1F. The van der Waals surface area contributed by atoms with Crippen molar-refractivity contribution in [1.82, 2.24) is 9.21 Å². The molecule has 0 spiro atoms. The first-order valence-corrected chi connectivity index (χ1v) is 13.8. The van der Waals surface area contributed by atoms with Gasteiger partial charge in [0.1, 0.15) is 11.1 Å². The molecule has 2 aliphatic rings. The second-order valence-electron chi connectivity index (χ2n) is 9.85. The molecule has 1 aliphatic carbocycles. The van der Waals surface area contributed by atoms with E-state index in [1.807, 2.05) is 37.3 Å². The van der Waals surface area contributed by atoms with E-state index >= 15 is 4.39 Å². The number of rotatable bonds is 7. The van der Waals surface area contributed by atoms with E-state index in [9.17, 15) is 13.7 Å². The standard InChI is InChI=1S/C27H32FN5O2S/c1-20-7-10-26(21-5-3-2-4-6-21)36(34,35)33(20)16-22-8-9-23(15-25(22)28)27(17-29)13-11-24(12-14-27)32(18-30)19-31/h2-6,8-9,15,18-20,24,26,30-31H,7,10-14,16H2,1H3/t20-,24?,26+,27?/m0/s1. The Hall–Kier alpha value is -3.09. The Kier molecular flexibility index (Phi) is 7.57. The van der Waals surface area contributed by atoms with Crippen LogP contribution in [0.15, 0.2) is 48.5 Å². The lowest BCUT2D eigenvalue weighted by molar-refractivity contribution is 0.264. The van der Waals surface area contributed by atoms with Crippen molar-refractivity contribution in [1.29, 1.82) is 16.1 Å². The van der Waals surface area contributed by atoms with Crippen molar-refractivity contribution in [2.24, 2.45) is 0 Å². The Labute approximate surface area is 212 Å². The fourth-order valence-corrected chi connectivity index (χ4v) is 7.79. The van der Waals surface area contributed by atoms with Crippen molar-refractivity contribution >= 4 is 22.7 Å². The molecule has 7 nitrogen and oxygen atoms in total. The predicted molar refractivity (Wildman–Crippen MR) is 138 cm³/mol. The minimum atomic E-state index is -3.68. The summed E-state index contributed by atoms with van der Waals surface area (Å²) in [7, 11) is -3.68. The van der Waals surface area contributed by atoms with E-state index in [0.717, 1.165) is 18.2 Å². The van der Waals surface area contributed by atoms with Crippen LogP contribution in [0.5, 0.6) is 0 Å². The summed E-state index contributed by atoms with van der Waals surface area (Å²) in [5.74, 6) is -0.505. The van der Waals surface area contributed by atoms with Gasteiger partial charge in [-0.3, -0.25) is 10.8 Å². The van der Waals surface area contributed by atoms with E-state index in [0.29, 0.717) is 49.7 Å². The smallest absolute Gasteiger partial charge is 0.221 e. The fraction of sp³-hybridized carbons (Fsp3) is 0.444. The van der Waals surface area contributed by atoms with Gasteiger partial charge in [0.05, 0.1) is 24.2 Å². The van der Waals surface area contributed by atoms with Gasteiger partial charge in [0.2, 0.25) is 10.0 Å². The molecule has 36 heavy (non-hydrogen) atoms. The van der Waals surface area contributed by atoms with Gasteiger partial charge < -0.3 is 4.90 Å². The summed E-state index contributed by atoms with van der Waals surface area (Å²) in [5, 5.41) is 24.3. The van der Waals surface area contributed by atoms with Gasteiger partial charge in [0.25, 0.3) is 0 Å². The van der Waals surface area contributed by atoms with Crippen LogP contribution in [-0.2, 0) is 22.0 Å². The number of halogens is 1. The highest BCUT2D eigenvalue weighted by molar-refractivity contribution is 7.89. The number of benzene rings is 2. The monoisotopic (exact) mass is 509 g/mol. The third-order valence-electron chi connectivity index (χ3n) is 7.87. The zero-order valence-corrected chi connectivity index (χ0v) is 21.2. The Balaban J connectivity index is 1.55. The average Bonchev–Trinajstić information content (AvgIpc) is 2.89. The van der Waals surface area contributed by atoms with Crippen LogP contribution in [0.3, 0.4) is 0 Å². The molecule has 1 aliphatic heterocycles. The molecule has 2 atom stereocenters. The molecule has 1 saturated heterocycles. The highest BCUT2D eigenvalue weighted by Gasteiger charge is 2.41. The van der Waals surface area contributed by atoms with Gasteiger partial charge in [-0.2, -0.15) is 9.57 Å². The van der Waals surface area contributed by atoms with Crippen LogP contribution in [0, 0.1) is 28.0 Å². The summed E-state index contributed by atoms with van der Waals surface area (Å²) in [6.45, 7) is 1.81. The maximum atomic E-state index is 15.4. The minimum Gasteiger partial charge on any atom is -0.321 e. The van der Waals surface area contributed by atoms with Crippen molar-refractivity contribution in [2.75, 3.05) is 0 Å². The fourth-order valence-electron chi connectivity index (χ4n) is 5.60. The summed E-state index contributed by atoms with van der Waals surface area (Å²) in [5.41, 5.74) is 0.802. The van der Waals surface area contributed by atoms with Gasteiger partial charge in [-0.15, -0.1) is 0 Å². The van der Waals surface area contributed by atoms with Crippen LogP contribution in [0.4, 0.5) is 4.39 Å². The Morgan fingerprint density at radius 3 is 2.36 bits per heavy atom. The quantitative estimate of drug-likeness (QED) is 0.399. The first-order chi connectivity index (χ1) is 17.3. The number of hydrogen-bond acceptors (Lipinski definition) is 5. The van der Waals surface area contributed by atoms with Crippen molar-refractivity contribution in [2.45, 2.75) is 74.7 Å². The molecule has 1 saturated carbocycles. The molecule has 0 aromatic heterocycles. The van der Waals surface area contributed by atoms with Crippen molar-refractivity contribution in [3.63, 3.8) is 0 Å². The number of sulfonamides is 1. The lowest BCUT2D eigenvalue weighted by Crippen LogP contribution is -2.44. The molecule has 0 amide bonds. The molecule has 0 unspecified atom stereocenters. The summed E-state index contributed by atoms with van der Waals surface area (Å²) in [6.07, 6.45) is 5.69. The van der Waals surface area contributed by atoms with E-state index < -0.39 is 26.5 Å². The van der Waals surface area contributed by atoms with Crippen molar-refractivity contribution < 1.29 is 12.8 Å². The average molecular weight is 510 g/mol. The lowest BCUT2D eigenvalue weighted by Gasteiger charge is -2.38. The normalized spacial score (nSPS) is 28.1. The number of nitrogens with zero attached hydrogens (tertiary/aromatic N) is 3. The summed E-state index contributed by atoms with van der Waals surface area (Å²) in [4.78, 5) is 1.52. The van der Waals surface area contributed by atoms with Gasteiger partial charge >= 0.3 is 0 Å². The Morgan fingerprint density at radius 2 is 1.78 bits per heavy atom. The Morgan fingerprint density at radius 1 is 1.11 bits per heavy atom. The Bertz CT molecular complexity index is 1240. The zero-order chi connectivity index (χ0) is 25.9. The molecule has 2 aromatic carbocycles. The van der Waals surface area contributed by atoms with Crippen LogP contribution in [0.25, 0.3) is 0 Å². The van der Waals surface area contributed by atoms with Crippen molar-refractivity contribution in [3.8, 4) is 6.07 Å². The number of hydrogen-bond donors (Lipinski definition) is 2. The highest BCUT2D eigenvalue weighted by atomic mass is 32.2. The lowest BCUT2D eigenvalue weighted by atomic mass is 9.69. The van der Waals surface area contributed by atoms with Crippen LogP contribution < -0.4 is 0 Å². The van der Waals surface area contributed by atoms with Gasteiger partial charge in [0.15, 0.2) is 0 Å². The largest absolute Gasteiger partial charge is 0.321 e. The van der Waals surface area contributed by atoms with E-state index in [1.165, 1.54) is 15.3 Å². The van der Waals surface area contributed by atoms with E-state index in [-0.39, 0.29) is 18.6 Å². The molecule has 0 radical (unpaired) electrons. The second-order valence-corrected chi connectivity index (χ2v) is 11.9. The van der Waals surface area contributed by atoms with E-state index in [2.05, 4.69) is 6.07 Å². The molecular formula is C27H32FN5O2S. The van der Waals surface area contributed by atoms with E-state index in [4.69, 9.17) is 10.8 Å². The second kappa shape index (κ2) is 10.5. The minimum absolute atomic E-state index is 0.0195. The van der Waals surface area contributed by atoms with Crippen LogP contribution in [-0.4, -0.2) is 42.4 Å². The predicted octanol–water partition coefficient (Wildman–Crippen LogP) is 5.10. The number of nitriles is 1. The maximum Gasteiger partial charge on any atom is 0.221 e. The summed E-state index contributed by atoms with van der Waals surface area (Å²) >= 11 is 0. The molecule has 2 fully saturated rings. The van der Waals surface area contributed by atoms with Gasteiger partial charge in [-0.05, 0) is 62.6 Å². The number of nitrogens with one attached hydrogen (secondary N) is 2. The van der Waals surface area contributed by atoms with Crippen LogP contribution in [0.1, 0.15) is 67.4 Å². The third kappa shape index (κ3) is 4.80. The first-order valence-electron chi connectivity index (χ1n) is 12.3. The third-order valence-corrected chi connectivity index (χ3v) is 10.2. The molecule has 2 N–H and O–H groups in total. The summed E-state index contributed by atoms with van der Waals surface area (Å²) < 4.78 is 43.8. The topological polar surface area (TPSA) is 112 Å². The zero-order valence-electron chi connectivity index (χ0n) is 20.4. The van der Waals surface area contributed by atoms with Gasteiger partial charge in [-0.1, -0.05) is 42.5 Å². The molecule has 4 rings (SSSR count). The highest BCUT2D eigenvalue weighted by Crippen LogP contribution is 2.42. The van der Waals surface area contributed by atoms with Crippen LogP contribution in [0.2, 0.25) is 0 Å². The molecular weight excluding hydrogens is 477 g/mol. The first kappa shape index (κ1) is 26.0. The molecule has 1 heterocycles. The summed E-state index contributed by atoms with van der Waals surface area (Å²) in [6, 6.07) is 16.1. The van der Waals surface area contributed by atoms with Crippen molar-refractivity contribution in [3.05, 3.63) is 71.0 Å². The van der Waals surface area contributed by atoms with Gasteiger partial charge in [0, 0.05) is 24.2 Å². The van der Waals surface area contributed by atoms with Gasteiger partial charge in [-0.25, -0.2) is 12.8 Å². The maximum absolute atomic E-state index is 15.4. The van der Waals surface area contributed by atoms with Crippen LogP contribution >= 0.6 is 0 Å². The molecule has 9 heteroatoms. The molecule has 0 bridgehead atoms. The molecule has 2 aromatic rings. The van der Waals surface area contributed by atoms with E-state index in [1.54, 1.807) is 12.1 Å².